The van der Waals surface area contributed by atoms with Crippen LogP contribution in [0.15, 0.2) is 42.5 Å². The first-order valence-corrected chi connectivity index (χ1v) is 8.88. The summed E-state index contributed by atoms with van der Waals surface area (Å²) in [6.45, 7) is 3.13. The summed E-state index contributed by atoms with van der Waals surface area (Å²) in [5.74, 6) is 0.856. The summed E-state index contributed by atoms with van der Waals surface area (Å²) in [6, 6.07) is 12.4. The Bertz CT molecular complexity index is 979. The van der Waals surface area contributed by atoms with Gasteiger partial charge in [-0.1, -0.05) is 30.3 Å². The largest absolute Gasteiger partial charge is 0.497 e. The topological polar surface area (TPSA) is 45.5 Å². The van der Waals surface area contributed by atoms with E-state index in [2.05, 4.69) is 31.2 Å². The molecule has 0 spiro atoms. The van der Waals surface area contributed by atoms with Crippen LogP contribution in [0.4, 0.5) is 0 Å². The zero-order valence-corrected chi connectivity index (χ0v) is 17.8. The second-order valence-corrected chi connectivity index (χ2v) is 6.47. The van der Waals surface area contributed by atoms with Gasteiger partial charge in [-0.15, -0.1) is 12.4 Å². The summed E-state index contributed by atoms with van der Waals surface area (Å²) < 4.78 is 17.9. The van der Waals surface area contributed by atoms with Crippen LogP contribution >= 0.6 is 12.4 Å². The molecule has 1 aromatic heterocycles. The van der Waals surface area contributed by atoms with Crippen LogP contribution in [0.2, 0.25) is 0 Å². The Labute approximate surface area is 172 Å². The summed E-state index contributed by atoms with van der Waals surface area (Å²) in [4.78, 5) is 0. The molecule has 0 unspecified atom stereocenters. The van der Waals surface area contributed by atoms with Crippen molar-refractivity contribution in [1.29, 1.82) is 0 Å². The van der Waals surface area contributed by atoms with Gasteiger partial charge in [0.2, 0.25) is 0 Å². The summed E-state index contributed by atoms with van der Waals surface area (Å²) in [6.07, 6.45) is 2.05. The summed E-state index contributed by atoms with van der Waals surface area (Å²) in [5.41, 5.74) is 6.51. The number of halogens is 1. The van der Waals surface area contributed by atoms with Gasteiger partial charge in [0, 0.05) is 37.8 Å². The molecule has 2 aromatic carbocycles. The van der Waals surface area contributed by atoms with Gasteiger partial charge in [-0.25, -0.2) is 0 Å². The molecule has 0 amide bonds. The summed E-state index contributed by atoms with van der Waals surface area (Å²) in [5, 5.41) is 5.93. The van der Waals surface area contributed by atoms with Crippen molar-refractivity contribution in [3.8, 4) is 16.9 Å². The van der Waals surface area contributed by atoms with Crippen LogP contribution in [0.1, 0.15) is 11.3 Å². The average Bonchev–Trinajstić information content (AvgIpc) is 3.01. The van der Waals surface area contributed by atoms with Crippen molar-refractivity contribution in [3.63, 3.8) is 0 Å². The number of hydrogen-bond acceptors (Lipinski definition) is 4. The van der Waals surface area contributed by atoms with E-state index in [9.17, 15) is 0 Å². The van der Waals surface area contributed by atoms with Crippen molar-refractivity contribution in [2.75, 3.05) is 34.5 Å². The lowest BCUT2D eigenvalue weighted by atomic mass is 9.97. The number of rotatable bonds is 7. The van der Waals surface area contributed by atoms with Crippen molar-refractivity contribution in [1.82, 2.24) is 9.78 Å². The minimum atomic E-state index is 0. The van der Waals surface area contributed by atoms with Crippen LogP contribution in [0.3, 0.4) is 0 Å². The maximum atomic E-state index is 5.41. The van der Waals surface area contributed by atoms with Crippen LogP contribution in [0.5, 0.6) is 5.75 Å². The lowest BCUT2D eigenvalue weighted by molar-refractivity contribution is 0.227. The molecule has 6 heteroatoms. The lowest BCUT2D eigenvalue weighted by Gasteiger charge is -2.10. The second-order valence-electron chi connectivity index (χ2n) is 6.47. The Morgan fingerprint density at radius 1 is 1.07 bits per heavy atom. The first-order valence-electron chi connectivity index (χ1n) is 8.88. The van der Waals surface area contributed by atoms with E-state index < -0.39 is 0 Å². The van der Waals surface area contributed by atoms with Gasteiger partial charge >= 0.3 is 0 Å². The Morgan fingerprint density at radius 3 is 2.50 bits per heavy atom. The zero-order valence-electron chi connectivity index (χ0n) is 17.0. The third kappa shape index (κ3) is 4.22. The van der Waals surface area contributed by atoms with Crippen LogP contribution in [0, 0.1) is 6.92 Å². The summed E-state index contributed by atoms with van der Waals surface area (Å²) in [7, 11) is 7.04. The summed E-state index contributed by atoms with van der Waals surface area (Å²) >= 11 is 0. The lowest BCUT2D eigenvalue weighted by Crippen LogP contribution is -2.03. The fourth-order valence-electron chi connectivity index (χ4n) is 3.44. The maximum absolute atomic E-state index is 5.41. The number of aromatic nitrogens is 2. The third-order valence-corrected chi connectivity index (χ3v) is 4.69. The molecule has 3 aromatic rings. The predicted molar refractivity (Wildman–Crippen MR) is 116 cm³/mol. The van der Waals surface area contributed by atoms with Crippen molar-refractivity contribution in [2.24, 2.45) is 7.05 Å². The van der Waals surface area contributed by atoms with Crippen molar-refractivity contribution < 1.29 is 14.2 Å². The van der Waals surface area contributed by atoms with E-state index in [1.54, 1.807) is 21.3 Å². The molecule has 28 heavy (non-hydrogen) atoms. The Morgan fingerprint density at radius 2 is 1.86 bits per heavy atom. The van der Waals surface area contributed by atoms with E-state index in [1.807, 2.05) is 29.9 Å². The molecule has 0 bridgehead atoms. The van der Waals surface area contributed by atoms with Crippen molar-refractivity contribution in [2.45, 2.75) is 6.92 Å². The van der Waals surface area contributed by atoms with Gasteiger partial charge in [-0.05, 0) is 30.2 Å². The molecule has 1 heterocycles. The minimum Gasteiger partial charge on any atom is -0.497 e. The molecule has 0 aliphatic carbocycles. The molecule has 3 rings (SSSR count). The van der Waals surface area contributed by atoms with Crippen LogP contribution < -0.4 is 4.74 Å². The highest BCUT2D eigenvalue weighted by atomic mass is 35.5. The number of benzene rings is 2. The highest BCUT2D eigenvalue weighted by Gasteiger charge is 2.17. The first kappa shape index (κ1) is 22.0. The maximum Gasteiger partial charge on any atom is 0.119 e. The highest BCUT2D eigenvalue weighted by Crippen LogP contribution is 2.35. The molecular formula is C22H27ClN2O3. The van der Waals surface area contributed by atoms with E-state index in [4.69, 9.17) is 19.3 Å². The zero-order chi connectivity index (χ0) is 19.4. The van der Waals surface area contributed by atoms with Crippen LogP contribution in [-0.4, -0.2) is 44.3 Å². The minimum absolute atomic E-state index is 0. The van der Waals surface area contributed by atoms with Gasteiger partial charge in [0.15, 0.2) is 0 Å². The van der Waals surface area contributed by atoms with E-state index >= 15 is 0 Å². The van der Waals surface area contributed by atoms with E-state index in [0.717, 1.165) is 44.6 Å². The second kappa shape index (κ2) is 9.73. The van der Waals surface area contributed by atoms with E-state index in [0.29, 0.717) is 13.2 Å². The van der Waals surface area contributed by atoms with Gasteiger partial charge in [0.05, 0.1) is 26.0 Å². The Kier molecular flexibility index (Phi) is 7.63. The molecule has 0 aliphatic rings. The molecular weight excluding hydrogens is 376 g/mol. The Balaban J connectivity index is 0.00000280. The molecule has 0 atom stereocenters. The number of hydrogen-bond donors (Lipinski definition) is 0. The quantitative estimate of drug-likeness (QED) is 0.576. The van der Waals surface area contributed by atoms with E-state index in [-0.39, 0.29) is 12.4 Å². The molecule has 0 radical (unpaired) electrons. The standard InChI is InChI=1S/C22H26N2O3.ClH/c1-15-13-17(27-5)9-10-18(15)19-7-6-8-20-21(19)23-24(2)22(20)16(14-26-4)11-12-25-3;/h6-11,13H,12,14H2,1-5H3;1H/b16-11+;. The molecule has 0 saturated heterocycles. The number of fused-ring (bicyclic) bond motifs is 1. The number of methoxy groups -OCH3 is 3. The monoisotopic (exact) mass is 402 g/mol. The average molecular weight is 403 g/mol. The molecule has 5 nitrogen and oxygen atoms in total. The highest BCUT2D eigenvalue weighted by molar-refractivity contribution is 6.00. The molecule has 0 fully saturated rings. The molecule has 0 aliphatic heterocycles. The SMILES string of the molecule is COC/C=C(\COC)c1c2cccc(-c3ccc(OC)cc3C)c2nn1C.Cl. The number of ether oxygens (including phenoxy) is 3. The van der Waals surface area contributed by atoms with Crippen LogP contribution in [-0.2, 0) is 16.5 Å². The van der Waals surface area contributed by atoms with Crippen molar-refractivity contribution in [3.05, 3.63) is 53.7 Å². The number of nitrogens with zero attached hydrogens (tertiary/aromatic N) is 2. The molecule has 0 N–H and O–H groups in total. The van der Waals surface area contributed by atoms with Gasteiger partial charge in [-0.3, -0.25) is 4.68 Å². The smallest absolute Gasteiger partial charge is 0.119 e. The Hall–Kier alpha value is -2.34. The van der Waals surface area contributed by atoms with E-state index in [1.165, 1.54) is 0 Å². The fourth-order valence-corrected chi connectivity index (χ4v) is 3.44. The fraction of sp³-hybridized carbons (Fsp3) is 0.318. The van der Waals surface area contributed by atoms with Gasteiger partial charge in [0.1, 0.15) is 11.3 Å². The van der Waals surface area contributed by atoms with Crippen molar-refractivity contribution >= 4 is 28.9 Å². The number of aryl methyl sites for hydroxylation is 2. The molecule has 150 valence electrons. The van der Waals surface area contributed by atoms with Gasteiger partial charge in [0.25, 0.3) is 0 Å². The van der Waals surface area contributed by atoms with Gasteiger partial charge < -0.3 is 14.2 Å². The third-order valence-electron chi connectivity index (χ3n) is 4.69. The van der Waals surface area contributed by atoms with Gasteiger partial charge in [-0.2, -0.15) is 5.10 Å². The molecule has 0 saturated carbocycles. The normalized spacial score (nSPS) is 11.5. The predicted octanol–water partition coefficient (Wildman–Crippen LogP) is 4.66. The van der Waals surface area contributed by atoms with Crippen LogP contribution in [0.25, 0.3) is 27.6 Å². The first-order chi connectivity index (χ1) is 13.1.